The van der Waals surface area contributed by atoms with Gasteiger partial charge in [0.05, 0.1) is 13.0 Å². The zero-order valence-corrected chi connectivity index (χ0v) is 17.8. The molecule has 0 fully saturated rings. The van der Waals surface area contributed by atoms with E-state index in [1.165, 1.54) is 12.1 Å². The van der Waals surface area contributed by atoms with Gasteiger partial charge in [-0.15, -0.1) is 0 Å². The van der Waals surface area contributed by atoms with Gasteiger partial charge in [0.15, 0.2) is 0 Å². The summed E-state index contributed by atoms with van der Waals surface area (Å²) in [6, 6.07) is 14.5. The predicted octanol–water partition coefficient (Wildman–Crippen LogP) is 5.15. The van der Waals surface area contributed by atoms with E-state index < -0.39 is 5.97 Å². The number of fused-ring (bicyclic) bond motifs is 2. The number of nitrogens with zero attached hydrogens (tertiary/aromatic N) is 2. The third-order valence-corrected chi connectivity index (χ3v) is 6.01. The topological polar surface area (TPSA) is 64.4 Å². The van der Waals surface area contributed by atoms with Gasteiger partial charge in [0.25, 0.3) is 0 Å². The van der Waals surface area contributed by atoms with Crippen molar-refractivity contribution in [1.82, 2.24) is 9.55 Å². The third-order valence-electron chi connectivity index (χ3n) is 6.01. The summed E-state index contributed by atoms with van der Waals surface area (Å²) < 4.78 is 21.1. The maximum atomic E-state index is 13.3. The summed E-state index contributed by atoms with van der Waals surface area (Å²) in [5.41, 5.74) is 6.18. The number of halogens is 1. The number of carboxylic acid groups (broad SMARTS) is 1. The second-order valence-electron chi connectivity index (χ2n) is 8.20. The fraction of sp³-hybridized carbons (Fsp3) is 0.231. The van der Waals surface area contributed by atoms with Gasteiger partial charge in [0.2, 0.25) is 0 Å². The highest BCUT2D eigenvalue weighted by atomic mass is 19.1. The van der Waals surface area contributed by atoms with Crippen LogP contribution in [0.5, 0.6) is 5.75 Å². The van der Waals surface area contributed by atoms with Gasteiger partial charge in [0, 0.05) is 23.8 Å². The van der Waals surface area contributed by atoms with Crippen LogP contribution in [0.3, 0.4) is 0 Å². The molecule has 4 aromatic rings. The van der Waals surface area contributed by atoms with Crippen LogP contribution in [0, 0.1) is 12.7 Å². The summed E-state index contributed by atoms with van der Waals surface area (Å²) in [4.78, 5) is 16.4. The van der Waals surface area contributed by atoms with Crippen molar-refractivity contribution in [3.05, 3.63) is 82.9 Å². The first-order valence-corrected chi connectivity index (χ1v) is 10.7. The van der Waals surface area contributed by atoms with Crippen molar-refractivity contribution in [1.29, 1.82) is 0 Å². The summed E-state index contributed by atoms with van der Waals surface area (Å²) >= 11 is 0. The van der Waals surface area contributed by atoms with Gasteiger partial charge in [-0.1, -0.05) is 18.2 Å². The van der Waals surface area contributed by atoms with E-state index in [4.69, 9.17) is 9.72 Å². The third kappa shape index (κ3) is 3.73. The highest BCUT2D eigenvalue weighted by Gasteiger charge is 2.21. The van der Waals surface area contributed by atoms with E-state index in [0.29, 0.717) is 12.2 Å². The second-order valence-corrected chi connectivity index (χ2v) is 8.20. The highest BCUT2D eigenvalue weighted by Crippen LogP contribution is 2.37. The molecule has 1 aliphatic rings. The SMILES string of the molecule is Cc1nc2c(ccn2Cc2ccc(F)cc2)c(-c2ccc3c(c2)CCCO3)c1CC(=O)O. The number of aliphatic carboxylic acids is 1. The van der Waals surface area contributed by atoms with Crippen LogP contribution >= 0.6 is 0 Å². The Kier molecular flexibility index (Phi) is 5.13. The second kappa shape index (κ2) is 8.11. The molecule has 0 atom stereocenters. The van der Waals surface area contributed by atoms with E-state index in [-0.39, 0.29) is 12.2 Å². The van der Waals surface area contributed by atoms with Crippen LogP contribution in [0.15, 0.2) is 54.7 Å². The Morgan fingerprint density at radius 3 is 2.78 bits per heavy atom. The molecule has 1 aliphatic heterocycles. The molecular weight excluding hydrogens is 407 g/mol. The average Bonchev–Trinajstić information content (AvgIpc) is 3.17. The van der Waals surface area contributed by atoms with Crippen molar-refractivity contribution in [2.45, 2.75) is 32.7 Å². The molecule has 0 radical (unpaired) electrons. The van der Waals surface area contributed by atoms with Crippen molar-refractivity contribution >= 4 is 17.0 Å². The maximum absolute atomic E-state index is 13.3. The molecule has 162 valence electrons. The van der Waals surface area contributed by atoms with E-state index in [9.17, 15) is 14.3 Å². The molecule has 0 spiro atoms. The predicted molar refractivity (Wildman–Crippen MR) is 121 cm³/mol. The largest absolute Gasteiger partial charge is 0.493 e. The van der Waals surface area contributed by atoms with E-state index in [1.54, 1.807) is 12.1 Å². The summed E-state index contributed by atoms with van der Waals surface area (Å²) in [6.07, 6.45) is 3.77. The Labute approximate surface area is 185 Å². The van der Waals surface area contributed by atoms with Crippen LogP contribution < -0.4 is 4.74 Å². The number of ether oxygens (including phenoxy) is 1. The van der Waals surface area contributed by atoms with Crippen LogP contribution in [0.1, 0.15) is 28.8 Å². The quantitative estimate of drug-likeness (QED) is 0.476. The summed E-state index contributed by atoms with van der Waals surface area (Å²) in [6.45, 7) is 3.13. The zero-order valence-electron chi connectivity index (χ0n) is 17.8. The van der Waals surface area contributed by atoms with E-state index in [0.717, 1.165) is 64.0 Å². The number of benzene rings is 2. The molecule has 0 saturated heterocycles. The fourth-order valence-electron chi connectivity index (χ4n) is 4.48. The van der Waals surface area contributed by atoms with Crippen LogP contribution in [-0.2, 0) is 24.2 Å². The molecule has 0 aliphatic carbocycles. The molecule has 32 heavy (non-hydrogen) atoms. The minimum Gasteiger partial charge on any atom is -0.493 e. The smallest absolute Gasteiger partial charge is 0.307 e. The minimum absolute atomic E-state index is 0.0964. The van der Waals surface area contributed by atoms with Gasteiger partial charge in [-0.2, -0.15) is 0 Å². The monoisotopic (exact) mass is 430 g/mol. The molecule has 1 N–H and O–H groups in total. The number of rotatable bonds is 5. The fourth-order valence-corrected chi connectivity index (χ4v) is 4.48. The molecule has 6 heteroatoms. The van der Waals surface area contributed by atoms with Gasteiger partial charge in [-0.25, -0.2) is 9.37 Å². The lowest BCUT2D eigenvalue weighted by atomic mass is 9.92. The lowest BCUT2D eigenvalue weighted by molar-refractivity contribution is -0.136. The minimum atomic E-state index is -0.887. The van der Waals surface area contributed by atoms with Gasteiger partial charge >= 0.3 is 5.97 Å². The van der Waals surface area contributed by atoms with Crippen LogP contribution in [-0.4, -0.2) is 27.2 Å². The molecule has 5 nitrogen and oxygen atoms in total. The van der Waals surface area contributed by atoms with E-state index in [1.807, 2.05) is 35.9 Å². The van der Waals surface area contributed by atoms with Gasteiger partial charge in [-0.3, -0.25) is 4.79 Å². The van der Waals surface area contributed by atoms with Crippen LogP contribution in [0.25, 0.3) is 22.2 Å². The molecule has 0 amide bonds. The van der Waals surface area contributed by atoms with Gasteiger partial charge < -0.3 is 14.4 Å². The average molecular weight is 430 g/mol. The normalized spacial score (nSPS) is 13.1. The highest BCUT2D eigenvalue weighted by molar-refractivity contribution is 5.97. The first-order valence-electron chi connectivity index (χ1n) is 10.7. The van der Waals surface area contributed by atoms with Gasteiger partial charge in [0.1, 0.15) is 17.2 Å². The number of hydrogen-bond donors (Lipinski definition) is 1. The Morgan fingerprint density at radius 2 is 2.00 bits per heavy atom. The van der Waals surface area contributed by atoms with Crippen molar-refractivity contribution < 1.29 is 19.0 Å². The van der Waals surface area contributed by atoms with E-state index >= 15 is 0 Å². The Bertz CT molecular complexity index is 1330. The number of carbonyl (C=O) groups is 1. The molecule has 0 saturated carbocycles. The van der Waals surface area contributed by atoms with Crippen LogP contribution in [0.4, 0.5) is 4.39 Å². The lowest BCUT2D eigenvalue weighted by Crippen LogP contribution is -2.09. The summed E-state index contributed by atoms with van der Waals surface area (Å²) in [5, 5.41) is 10.5. The number of hydrogen-bond acceptors (Lipinski definition) is 3. The number of aromatic nitrogens is 2. The Hall–Kier alpha value is -3.67. The molecule has 2 aromatic carbocycles. The van der Waals surface area contributed by atoms with Crippen molar-refractivity contribution in [3.8, 4) is 16.9 Å². The van der Waals surface area contributed by atoms with Crippen LogP contribution in [0.2, 0.25) is 0 Å². The zero-order chi connectivity index (χ0) is 22.2. The Morgan fingerprint density at radius 1 is 1.19 bits per heavy atom. The number of aryl methyl sites for hydroxylation is 2. The first-order chi connectivity index (χ1) is 15.5. The Balaban J connectivity index is 1.68. The molecule has 2 aromatic heterocycles. The molecule has 0 bridgehead atoms. The lowest BCUT2D eigenvalue weighted by Gasteiger charge is -2.19. The van der Waals surface area contributed by atoms with E-state index in [2.05, 4.69) is 6.07 Å². The molecular formula is C26H23FN2O3. The van der Waals surface area contributed by atoms with Crippen molar-refractivity contribution in [2.75, 3.05) is 6.61 Å². The van der Waals surface area contributed by atoms with Crippen molar-refractivity contribution in [3.63, 3.8) is 0 Å². The molecule has 5 rings (SSSR count). The van der Waals surface area contributed by atoms with Crippen molar-refractivity contribution in [2.24, 2.45) is 0 Å². The molecule has 3 heterocycles. The summed E-state index contributed by atoms with van der Waals surface area (Å²) in [7, 11) is 0. The standard InChI is InChI=1S/C26H23FN2O3/c1-16-22(14-24(30)31)25(19-6-9-23-18(13-19)3-2-12-32-23)21-10-11-29(26(21)28-16)15-17-4-7-20(27)8-5-17/h4-11,13H,2-3,12,14-15H2,1H3,(H,30,31). The summed E-state index contributed by atoms with van der Waals surface area (Å²) in [5.74, 6) is -0.254. The molecule has 0 unspecified atom stereocenters. The first kappa shape index (κ1) is 20.2. The number of pyridine rings is 1. The van der Waals surface area contributed by atoms with Gasteiger partial charge in [-0.05, 0) is 77.9 Å². The maximum Gasteiger partial charge on any atom is 0.307 e. The number of carboxylic acids is 1.